The van der Waals surface area contributed by atoms with Crippen LogP contribution in [-0.4, -0.2) is 53.3 Å². The summed E-state index contributed by atoms with van der Waals surface area (Å²) >= 11 is 1.58. The molecule has 5 heterocycles. The number of fused-ring (bicyclic) bond motifs is 1. The number of piperidine rings is 1. The molecule has 1 fully saturated rings. The average Bonchev–Trinajstić information content (AvgIpc) is 3.63. The maximum Gasteiger partial charge on any atom is 0.293 e. The van der Waals surface area contributed by atoms with E-state index in [0.717, 1.165) is 34.9 Å². The molecule has 0 spiro atoms. The van der Waals surface area contributed by atoms with E-state index in [1.807, 2.05) is 81.5 Å². The number of hydrogen-bond acceptors (Lipinski definition) is 6. The van der Waals surface area contributed by atoms with E-state index < -0.39 is 0 Å². The number of nitrogens with zero attached hydrogens (tertiary/aromatic N) is 7. The zero-order valence-electron chi connectivity index (χ0n) is 17.8. The van der Waals surface area contributed by atoms with E-state index in [9.17, 15) is 4.79 Å². The number of carbonyl (C=O) groups is 1. The first kappa shape index (κ1) is 19.8. The van der Waals surface area contributed by atoms with Crippen molar-refractivity contribution in [3.05, 3.63) is 83.9 Å². The van der Waals surface area contributed by atoms with E-state index in [0.29, 0.717) is 18.9 Å². The van der Waals surface area contributed by atoms with Crippen LogP contribution in [0.5, 0.6) is 0 Å². The highest BCUT2D eigenvalue weighted by atomic mass is 32.1. The predicted molar refractivity (Wildman–Crippen MR) is 126 cm³/mol. The molecule has 0 saturated carbocycles. The highest BCUT2D eigenvalue weighted by Crippen LogP contribution is 2.29. The summed E-state index contributed by atoms with van der Waals surface area (Å²) < 4.78 is 3.77. The van der Waals surface area contributed by atoms with Crippen molar-refractivity contribution in [3.63, 3.8) is 0 Å². The summed E-state index contributed by atoms with van der Waals surface area (Å²) in [5.41, 5.74) is 1.69. The molecule has 1 aliphatic heterocycles. The molecule has 1 saturated heterocycles. The van der Waals surface area contributed by atoms with Crippen molar-refractivity contribution in [2.24, 2.45) is 0 Å². The van der Waals surface area contributed by atoms with E-state index in [1.165, 1.54) is 0 Å². The summed E-state index contributed by atoms with van der Waals surface area (Å²) in [4.78, 5) is 21.0. The van der Waals surface area contributed by atoms with Crippen LogP contribution in [0.25, 0.3) is 22.0 Å². The van der Waals surface area contributed by atoms with E-state index in [2.05, 4.69) is 20.3 Å². The van der Waals surface area contributed by atoms with Gasteiger partial charge in [-0.15, -0.1) is 26.6 Å². The van der Waals surface area contributed by atoms with Crippen molar-refractivity contribution in [2.45, 2.75) is 18.8 Å². The number of amides is 1. The van der Waals surface area contributed by atoms with Crippen molar-refractivity contribution in [1.29, 1.82) is 0 Å². The minimum absolute atomic E-state index is 0.119. The second kappa shape index (κ2) is 8.25. The second-order valence-electron chi connectivity index (χ2n) is 8.06. The Bertz CT molecular complexity index is 1410. The van der Waals surface area contributed by atoms with Crippen LogP contribution in [0.2, 0.25) is 0 Å². The SMILES string of the molecule is O=C(c1nc(-c2cccs2)n(-c2ccccc2)n1)N1CCC[C@@H](c2nnc3ccccn23)C1. The van der Waals surface area contributed by atoms with E-state index in [-0.39, 0.29) is 17.6 Å². The highest BCUT2D eigenvalue weighted by molar-refractivity contribution is 7.13. The van der Waals surface area contributed by atoms with E-state index in [4.69, 9.17) is 0 Å². The minimum Gasteiger partial charge on any atom is -0.335 e. The average molecular weight is 456 g/mol. The molecule has 0 radical (unpaired) electrons. The zero-order chi connectivity index (χ0) is 22.2. The number of aromatic nitrogens is 6. The van der Waals surface area contributed by atoms with Crippen molar-refractivity contribution < 1.29 is 4.79 Å². The Morgan fingerprint density at radius 2 is 1.88 bits per heavy atom. The topological polar surface area (TPSA) is 81.2 Å². The smallest absolute Gasteiger partial charge is 0.293 e. The van der Waals surface area contributed by atoms with Gasteiger partial charge in [0.25, 0.3) is 5.91 Å². The lowest BCUT2D eigenvalue weighted by Gasteiger charge is -2.31. The van der Waals surface area contributed by atoms with Crippen LogP contribution in [0.1, 0.15) is 35.2 Å². The first-order chi connectivity index (χ1) is 16.3. The molecular weight excluding hydrogens is 434 g/mol. The first-order valence-electron chi connectivity index (χ1n) is 10.9. The normalized spacial score (nSPS) is 16.4. The van der Waals surface area contributed by atoms with Gasteiger partial charge < -0.3 is 4.90 Å². The predicted octanol–water partition coefficient (Wildman–Crippen LogP) is 4.06. The Hall–Kier alpha value is -3.85. The quantitative estimate of drug-likeness (QED) is 0.408. The van der Waals surface area contributed by atoms with Crippen LogP contribution in [0, 0.1) is 0 Å². The first-order valence-corrected chi connectivity index (χ1v) is 11.8. The molecule has 0 bridgehead atoms. The van der Waals surface area contributed by atoms with Gasteiger partial charge in [-0.3, -0.25) is 9.20 Å². The molecule has 1 aromatic carbocycles. The molecule has 1 amide bonds. The highest BCUT2D eigenvalue weighted by Gasteiger charge is 2.31. The van der Waals surface area contributed by atoms with Gasteiger partial charge in [-0.25, -0.2) is 9.67 Å². The number of likely N-dealkylation sites (tertiary alicyclic amines) is 1. The number of rotatable bonds is 4. The molecule has 1 atom stereocenters. The Kier molecular flexibility index (Phi) is 4.95. The lowest BCUT2D eigenvalue weighted by atomic mass is 9.97. The molecule has 5 aromatic rings. The molecule has 8 nitrogen and oxygen atoms in total. The summed E-state index contributed by atoms with van der Waals surface area (Å²) in [5.74, 6) is 1.75. The third-order valence-corrected chi connectivity index (χ3v) is 6.82. The van der Waals surface area contributed by atoms with Crippen LogP contribution in [0.15, 0.2) is 72.2 Å². The van der Waals surface area contributed by atoms with Gasteiger partial charge in [-0.2, -0.15) is 0 Å². The maximum absolute atomic E-state index is 13.5. The van der Waals surface area contributed by atoms with Crippen molar-refractivity contribution in [3.8, 4) is 16.4 Å². The van der Waals surface area contributed by atoms with Gasteiger partial charge in [0.2, 0.25) is 5.82 Å². The Balaban J connectivity index is 1.32. The Morgan fingerprint density at radius 3 is 2.73 bits per heavy atom. The maximum atomic E-state index is 13.5. The number of para-hydroxylation sites is 1. The Labute approximate surface area is 194 Å². The summed E-state index contributed by atoms with van der Waals surface area (Å²) in [6, 6.07) is 19.6. The molecule has 4 aromatic heterocycles. The lowest BCUT2D eigenvalue weighted by Crippen LogP contribution is -2.40. The largest absolute Gasteiger partial charge is 0.335 e. The van der Waals surface area contributed by atoms with Gasteiger partial charge in [-0.05, 0) is 48.6 Å². The molecule has 0 unspecified atom stereocenters. The third-order valence-electron chi connectivity index (χ3n) is 5.95. The molecule has 9 heteroatoms. The van der Waals surface area contributed by atoms with Crippen molar-refractivity contribution in [2.75, 3.05) is 13.1 Å². The standard InChI is InChI=1S/C24H21N7OS/c32-24(29-13-6-8-17(16-29)22-27-26-20-12-4-5-14-30(20)22)21-25-23(19-11-7-15-33-19)31(28-21)18-9-2-1-3-10-18/h1-5,7,9-12,14-15,17H,6,8,13,16H2/t17-/m1/s1. The zero-order valence-corrected chi connectivity index (χ0v) is 18.6. The number of hydrogen-bond donors (Lipinski definition) is 0. The van der Waals surface area contributed by atoms with Gasteiger partial charge in [0.1, 0.15) is 5.82 Å². The molecule has 0 N–H and O–H groups in total. The fourth-order valence-corrected chi connectivity index (χ4v) is 5.07. The summed E-state index contributed by atoms with van der Waals surface area (Å²) in [6.45, 7) is 1.25. The molecule has 1 aliphatic rings. The van der Waals surface area contributed by atoms with Crippen molar-refractivity contribution >= 4 is 22.9 Å². The molecule has 33 heavy (non-hydrogen) atoms. The monoisotopic (exact) mass is 455 g/mol. The number of thiophene rings is 1. The van der Waals surface area contributed by atoms with Gasteiger partial charge >= 0.3 is 0 Å². The third kappa shape index (κ3) is 3.60. The summed E-state index contributed by atoms with van der Waals surface area (Å²) in [5, 5.41) is 15.3. The van der Waals surface area contributed by atoms with Gasteiger partial charge in [0.05, 0.1) is 10.6 Å². The fourth-order valence-electron chi connectivity index (χ4n) is 4.37. The fraction of sp³-hybridized carbons (Fsp3) is 0.208. The molecule has 0 aliphatic carbocycles. The number of pyridine rings is 1. The van der Waals surface area contributed by atoms with Crippen molar-refractivity contribution in [1.82, 2.24) is 34.3 Å². The lowest BCUT2D eigenvalue weighted by molar-refractivity contribution is 0.0692. The molecular formula is C24H21N7OS. The second-order valence-corrected chi connectivity index (χ2v) is 9.01. The molecule has 164 valence electrons. The number of carbonyl (C=O) groups excluding carboxylic acids is 1. The number of benzene rings is 1. The van der Waals surface area contributed by atoms with Crippen LogP contribution < -0.4 is 0 Å². The van der Waals surface area contributed by atoms with Gasteiger partial charge in [-0.1, -0.05) is 30.3 Å². The summed E-state index contributed by atoms with van der Waals surface area (Å²) in [6.07, 6.45) is 3.84. The van der Waals surface area contributed by atoms with Crippen LogP contribution in [0.4, 0.5) is 0 Å². The summed E-state index contributed by atoms with van der Waals surface area (Å²) in [7, 11) is 0. The molecule has 6 rings (SSSR count). The van der Waals surface area contributed by atoms with E-state index in [1.54, 1.807) is 16.0 Å². The van der Waals surface area contributed by atoms with Crippen LogP contribution in [0.3, 0.4) is 0 Å². The van der Waals surface area contributed by atoms with E-state index >= 15 is 0 Å². The van der Waals surface area contributed by atoms with Gasteiger partial charge in [0.15, 0.2) is 11.5 Å². The van der Waals surface area contributed by atoms with Gasteiger partial charge in [0, 0.05) is 25.2 Å². The minimum atomic E-state index is -0.152. The van der Waals surface area contributed by atoms with Crippen LogP contribution in [-0.2, 0) is 0 Å². The Morgan fingerprint density at radius 1 is 1.00 bits per heavy atom. The van der Waals surface area contributed by atoms with Crippen LogP contribution >= 0.6 is 11.3 Å².